The third-order valence-corrected chi connectivity index (χ3v) is 4.38. The van der Waals surface area contributed by atoms with Crippen molar-refractivity contribution in [3.8, 4) is 5.75 Å². The number of ether oxygens (including phenoxy) is 3. The number of allylic oxidation sites excluding steroid dienone is 1. The van der Waals surface area contributed by atoms with Crippen LogP contribution in [0.15, 0.2) is 29.5 Å². The van der Waals surface area contributed by atoms with E-state index in [0.29, 0.717) is 49.2 Å². The Kier molecular flexibility index (Phi) is 7.25. The summed E-state index contributed by atoms with van der Waals surface area (Å²) in [5.74, 6) is 0.0256. The van der Waals surface area contributed by atoms with Crippen LogP contribution in [-0.4, -0.2) is 56.1 Å². The van der Waals surface area contributed by atoms with E-state index < -0.39 is 11.6 Å². The first-order valence-electron chi connectivity index (χ1n) is 9.42. The lowest BCUT2D eigenvalue weighted by atomic mass is 10.0. The second-order valence-corrected chi connectivity index (χ2v) is 7.58. The number of methoxy groups -OCH3 is 1. The van der Waals surface area contributed by atoms with Crippen LogP contribution in [-0.2, 0) is 14.3 Å². The van der Waals surface area contributed by atoms with Crippen molar-refractivity contribution in [2.45, 2.75) is 39.2 Å². The molecular formula is C21H28N2O6. The van der Waals surface area contributed by atoms with Gasteiger partial charge in [-0.2, -0.15) is 0 Å². The highest BCUT2D eigenvalue weighted by molar-refractivity contribution is 5.97. The van der Waals surface area contributed by atoms with Crippen LogP contribution in [0.25, 0.3) is 0 Å². The second-order valence-electron chi connectivity index (χ2n) is 7.58. The van der Waals surface area contributed by atoms with Gasteiger partial charge in [0, 0.05) is 20.1 Å². The van der Waals surface area contributed by atoms with E-state index in [1.165, 1.54) is 7.11 Å². The van der Waals surface area contributed by atoms with Crippen LogP contribution < -0.4 is 10.1 Å². The van der Waals surface area contributed by atoms with Gasteiger partial charge in [0.15, 0.2) is 17.8 Å². The molecule has 0 atom stereocenters. The molecule has 0 saturated carbocycles. The Morgan fingerprint density at radius 1 is 1.17 bits per heavy atom. The van der Waals surface area contributed by atoms with Gasteiger partial charge in [-0.3, -0.25) is 4.79 Å². The molecular weight excluding hydrogens is 376 g/mol. The number of anilines is 1. The Hall–Kier alpha value is -3.03. The number of piperidine rings is 1. The van der Waals surface area contributed by atoms with Crippen LogP contribution in [0.1, 0.15) is 44.0 Å². The van der Waals surface area contributed by atoms with Crippen molar-refractivity contribution in [3.63, 3.8) is 0 Å². The monoisotopic (exact) mass is 404 g/mol. The smallest absolute Gasteiger partial charge is 0.410 e. The predicted molar refractivity (Wildman–Crippen MR) is 108 cm³/mol. The molecule has 1 aromatic rings. The summed E-state index contributed by atoms with van der Waals surface area (Å²) in [5, 5.41) is 2.92. The molecule has 0 aromatic heterocycles. The summed E-state index contributed by atoms with van der Waals surface area (Å²) in [4.78, 5) is 37.5. The second kappa shape index (κ2) is 9.45. The van der Waals surface area contributed by atoms with Gasteiger partial charge in [-0.1, -0.05) is 6.07 Å². The van der Waals surface area contributed by atoms with Gasteiger partial charge in [-0.25, -0.2) is 9.59 Å². The summed E-state index contributed by atoms with van der Waals surface area (Å²) < 4.78 is 16.0. The maximum atomic E-state index is 12.2. The summed E-state index contributed by atoms with van der Waals surface area (Å²) in [6.07, 6.45) is 1.29. The van der Waals surface area contributed by atoms with E-state index in [-0.39, 0.29) is 11.9 Å². The molecule has 1 saturated heterocycles. The van der Waals surface area contributed by atoms with Gasteiger partial charge in [-0.15, -0.1) is 0 Å². The number of hydrogen-bond acceptors (Lipinski definition) is 7. The van der Waals surface area contributed by atoms with Crippen LogP contribution in [0, 0.1) is 0 Å². The quantitative estimate of drug-likeness (QED) is 0.348. The average Bonchev–Trinajstić information content (AvgIpc) is 2.69. The Balaban J connectivity index is 2.17. The van der Waals surface area contributed by atoms with Crippen molar-refractivity contribution < 1.29 is 28.6 Å². The van der Waals surface area contributed by atoms with Gasteiger partial charge in [0.2, 0.25) is 0 Å². The summed E-state index contributed by atoms with van der Waals surface area (Å²) in [6.45, 7) is 6.33. The molecule has 0 spiro atoms. The molecule has 1 aromatic carbocycles. The van der Waals surface area contributed by atoms with Crippen molar-refractivity contribution in [1.82, 2.24) is 4.90 Å². The lowest BCUT2D eigenvalue weighted by Crippen LogP contribution is -2.40. The number of nitrogens with one attached hydrogen (secondary N) is 1. The normalized spacial score (nSPS) is 14.1. The molecule has 0 unspecified atom stereocenters. The number of aldehydes is 1. The lowest BCUT2D eigenvalue weighted by molar-refractivity contribution is -0.106. The minimum atomic E-state index is -0.557. The highest BCUT2D eigenvalue weighted by Crippen LogP contribution is 2.31. The zero-order valence-electron chi connectivity index (χ0n) is 17.5. The zero-order chi connectivity index (χ0) is 21.6. The molecule has 1 aliphatic rings. The summed E-state index contributed by atoms with van der Waals surface area (Å²) in [7, 11) is 2.95. The highest BCUT2D eigenvalue weighted by atomic mass is 16.6. The van der Waals surface area contributed by atoms with Crippen LogP contribution in [0.5, 0.6) is 5.75 Å². The number of hydrogen-bond donors (Lipinski definition) is 1. The molecule has 1 N–H and O–H groups in total. The van der Waals surface area contributed by atoms with Gasteiger partial charge in [0.1, 0.15) is 5.60 Å². The largest absolute Gasteiger partial charge is 0.465 e. The van der Waals surface area contributed by atoms with E-state index in [0.717, 1.165) is 5.57 Å². The van der Waals surface area contributed by atoms with Crippen molar-refractivity contribution in [2.75, 3.05) is 32.6 Å². The van der Waals surface area contributed by atoms with Crippen molar-refractivity contribution in [3.05, 3.63) is 35.1 Å². The molecule has 0 radical (unpaired) electrons. The number of rotatable bonds is 5. The number of likely N-dealkylation sites (tertiary alicyclic amines) is 1. The third-order valence-electron chi connectivity index (χ3n) is 4.38. The van der Waals surface area contributed by atoms with Crippen LogP contribution in [0.4, 0.5) is 10.5 Å². The predicted octanol–water partition coefficient (Wildman–Crippen LogP) is 3.38. The van der Waals surface area contributed by atoms with Crippen molar-refractivity contribution in [1.29, 1.82) is 0 Å². The molecule has 29 heavy (non-hydrogen) atoms. The Labute approximate surface area is 170 Å². The fraction of sp³-hybridized carbons (Fsp3) is 0.476. The maximum absolute atomic E-state index is 12.2. The fourth-order valence-electron chi connectivity index (χ4n) is 2.98. The molecule has 8 heteroatoms. The maximum Gasteiger partial charge on any atom is 0.410 e. The molecule has 0 bridgehead atoms. The first kappa shape index (κ1) is 22.3. The standard InChI is InChI=1S/C21H28N2O6/c1-21(2,3)29-20(26)23-11-9-14(10-12-23)17(13-24)28-16-8-6-7-15(18(16)22-4)19(25)27-5/h6-8,13,22H,9-12H2,1-5H3. The van der Waals surface area contributed by atoms with Gasteiger partial charge in [0.05, 0.1) is 18.4 Å². The van der Waals surface area contributed by atoms with E-state index in [9.17, 15) is 14.4 Å². The van der Waals surface area contributed by atoms with Gasteiger partial charge >= 0.3 is 12.1 Å². The van der Waals surface area contributed by atoms with Gasteiger partial charge in [-0.05, 0) is 51.3 Å². The van der Waals surface area contributed by atoms with E-state index >= 15 is 0 Å². The van der Waals surface area contributed by atoms with E-state index in [4.69, 9.17) is 14.2 Å². The Morgan fingerprint density at radius 3 is 2.34 bits per heavy atom. The summed E-state index contributed by atoms with van der Waals surface area (Å²) in [5.41, 5.74) is 0.997. The number of benzene rings is 1. The molecule has 1 aliphatic heterocycles. The number of amides is 1. The fourth-order valence-corrected chi connectivity index (χ4v) is 2.98. The molecule has 1 fully saturated rings. The zero-order valence-corrected chi connectivity index (χ0v) is 17.5. The van der Waals surface area contributed by atoms with Crippen molar-refractivity contribution >= 4 is 24.0 Å². The number of carbonyl (C=O) groups excluding carboxylic acids is 3. The molecule has 2 rings (SSSR count). The van der Waals surface area contributed by atoms with E-state index in [1.807, 2.05) is 20.8 Å². The van der Waals surface area contributed by atoms with Gasteiger partial charge < -0.3 is 24.4 Å². The number of esters is 1. The van der Waals surface area contributed by atoms with Gasteiger partial charge in [0.25, 0.3) is 0 Å². The molecule has 158 valence electrons. The third kappa shape index (κ3) is 5.73. The molecule has 0 aliphatic carbocycles. The summed E-state index contributed by atoms with van der Waals surface area (Å²) >= 11 is 0. The molecule has 8 nitrogen and oxygen atoms in total. The van der Waals surface area contributed by atoms with Crippen LogP contribution >= 0.6 is 0 Å². The Morgan fingerprint density at radius 2 is 1.83 bits per heavy atom. The summed E-state index contributed by atoms with van der Waals surface area (Å²) in [6, 6.07) is 4.93. The average molecular weight is 404 g/mol. The molecule has 1 heterocycles. The minimum absolute atomic E-state index is 0.187. The lowest BCUT2D eigenvalue weighted by Gasteiger charge is -2.31. The highest BCUT2D eigenvalue weighted by Gasteiger charge is 2.26. The van der Waals surface area contributed by atoms with E-state index in [2.05, 4.69) is 5.32 Å². The van der Waals surface area contributed by atoms with Crippen LogP contribution in [0.2, 0.25) is 0 Å². The topological polar surface area (TPSA) is 94.2 Å². The number of para-hydroxylation sites is 1. The van der Waals surface area contributed by atoms with Crippen LogP contribution in [0.3, 0.4) is 0 Å². The first-order valence-corrected chi connectivity index (χ1v) is 9.42. The SMILES string of the molecule is CNc1c(OC(C=O)=C2CCN(C(=O)OC(C)(C)C)CC2)cccc1C(=O)OC. The number of nitrogens with zero attached hydrogens (tertiary/aromatic N) is 1. The molecule has 1 amide bonds. The first-order chi connectivity index (χ1) is 13.7. The number of carbonyl (C=O) groups is 3. The Bertz CT molecular complexity index is 800. The minimum Gasteiger partial charge on any atom is -0.465 e. The van der Waals surface area contributed by atoms with Crippen molar-refractivity contribution in [2.24, 2.45) is 0 Å². The van der Waals surface area contributed by atoms with E-state index in [1.54, 1.807) is 30.1 Å².